The van der Waals surface area contributed by atoms with Crippen molar-refractivity contribution >= 4 is 0 Å². The molecule has 0 rings (SSSR count). The fraction of sp³-hybridized carbons (Fsp3) is 0.500. The molecule has 0 spiro atoms. The van der Waals surface area contributed by atoms with Crippen molar-refractivity contribution in [3.05, 3.63) is 63.4 Å². The molecule has 0 fully saturated rings. The van der Waals surface area contributed by atoms with Gasteiger partial charge in [0, 0.05) is 0 Å². The summed E-state index contributed by atoms with van der Waals surface area (Å²) in [7, 11) is 10.5. The van der Waals surface area contributed by atoms with Crippen LogP contribution in [-0.4, -0.2) is 42.3 Å². The Morgan fingerprint density at radius 2 is 1.15 bits per heavy atom. The third-order valence-electron chi connectivity index (χ3n) is 0.748. The molecule has 0 saturated heterocycles. The molecule has 0 unspecified atom stereocenters. The minimum atomic E-state index is 1.02. The molecule has 0 heterocycles. The van der Waals surface area contributed by atoms with Crippen LogP contribution < -0.4 is 0 Å². The zero-order chi connectivity index (χ0) is 17.2. The number of nitrogens with zero attached hydrogens (tertiary/aromatic N) is 3. The molecule has 0 amide bonds. The summed E-state index contributed by atoms with van der Waals surface area (Å²) in [6.07, 6.45) is 7.72. The number of hydrogen-bond donors (Lipinski definition) is 0. The van der Waals surface area contributed by atoms with E-state index >= 15 is 0 Å². The average Bonchev–Trinajstić information content (AvgIpc) is 2.40. The van der Waals surface area contributed by atoms with Crippen LogP contribution >= 0.6 is 0 Å². The predicted octanol–water partition coefficient (Wildman–Crippen LogP) is 5.23. The molecular weight excluding hydrogens is 282 g/mol. The number of allylic oxidation sites excluding steroid dienone is 5. The maximum atomic E-state index is 3.56. The molecule has 0 saturated carbocycles. The molecule has 0 aromatic carbocycles. The minimum Gasteiger partial charge on any atom is -0.668 e. The van der Waals surface area contributed by atoms with E-state index in [1.807, 2.05) is 56.9 Å². The topological polar surface area (TPSA) is 42.3 Å². The Bertz CT molecular complexity index is 185. The number of hydrogen-bond acceptors (Lipinski definition) is 0. The van der Waals surface area contributed by atoms with Crippen molar-refractivity contribution in [1.29, 1.82) is 0 Å². The monoisotopic (exact) mass is 315 g/mol. The largest absolute Gasteiger partial charge is 0.668 e. The van der Waals surface area contributed by atoms with Crippen LogP contribution in [0.4, 0.5) is 0 Å². The average molecular weight is 315 g/mol. The Kier molecular flexibility index (Phi) is 81.6. The van der Waals surface area contributed by atoms with Gasteiger partial charge in [0.25, 0.3) is 0 Å². The number of rotatable bonds is 2. The molecule has 0 aliphatic rings. The fourth-order valence-corrected chi connectivity index (χ4v) is 0.340. The van der Waals surface area contributed by atoms with Gasteiger partial charge in [-0.25, -0.2) is 0 Å². The maximum Gasteiger partial charge on any atom is -0.162 e. The molecule has 20 heavy (non-hydrogen) atoms. The van der Waals surface area contributed by atoms with Crippen LogP contribution in [0.25, 0.3) is 16.0 Å². The first-order chi connectivity index (χ1) is 9.43. The molecule has 0 aliphatic carbocycles. The van der Waals surface area contributed by atoms with Gasteiger partial charge >= 0.3 is 50.0 Å². The van der Waals surface area contributed by atoms with Crippen LogP contribution in [0.1, 0.15) is 13.8 Å². The van der Waals surface area contributed by atoms with Crippen molar-refractivity contribution < 1.29 is 20.4 Å². The van der Waals surface area contributed by atoms with Crippen molar-refractivity contribution in [2.75, 3.05) is 42.3 Å². The Hall–Kier alpha value is -0.446. The third-order valence-corrected chi connectivity index (χ3v) is 1.05. The zero-order valence-corrected chi connectivity index (χ0v) is 16.2. The molecule has 0 N–H and O–H groups in total. The van der Waals surface area contributed by atoms with E-state index < -0.39 is 0 Å². The van der Waals surface area contributed by atoms with E-state index in [4.69, 9.17) is 0 Å². The summed E-state index contributed by atoms with van der Waals surface area (Å²) in [5, 5.41) is 10.5. The Morgan fingerprint density at radius 1 is 0.900 bits per heavy atom. The summed E-state index contributed by atoms with van der Waals surface area (Å²) < 4.78 is 2.00. The summed E-state index contributed by atoms with van der Waals surface area (Å²) >= 11 is 2.00. The summed E-state index contributed by atoms with van der Waals surface area (Å²) in [6.45, 7) is 10.9. The van der Waals surface area contributed by atoms with Crippen LogP contribution in [0, 0.1) is 0 Å². The Balaban J connectivity index is -0.0000000488. The summed E-state index contributed by atoms with van der Waals surface area (Å²) in [6, 6.07) is 0. The smallest absolute Gasteiger partial charge is 0.162 e. The molecule has 0 atom stereocenters. The third kappa shape index (κ3) is 232. The SMILES string of the molecule is C=CC(=C)C.CC=CC=[CH][Ti+3].C[N-]C.C[N-]C.C[N-]C. The van der Waals surface area contributed by atoms with Crippen molar-refractivity contribution in [3.63, 3.8) is 0 Å². The summed E-state index contributed by atoms with van der Waals surface area (Å²) in [5.74, 6) is 0. The Labute approximate surface area is 140 Å². The van der Waals surface area contributed by atoms with Crippen LogP contribution in [0.15, 0.2) is 47.4 Å². The van der Waals surface area contributed by atoms with Crippen molar-refractivity contribution in [3.8, 4) is 0 Å². The van der Waals surface area contributed by atoms with Crippen LogP contribution in [-0.2, 0) is 20.4 Å². The summed E-state index contributed by atoms with van der Waals surface area (Å²) in [4.78, 5) is 0. The van der Waals surface area contributed by atoms with Gasteiger partial charge in [0.05, 0.1) is 0 Å². The van der Waals surface area contributed by atoms with E-state index in [0.29, 0.717) is 0 Å². The van der Waals surface area contributed by atoms with Gasteiger partial charge in [-0.3, -0.25) is 0 Å². The Morgan fingerprint density at radius 3 is 1.20 bits per heavy atom. The molecule has 0 aromatic rings. The second kappa shape index (κ2) is 51.3. The molecule has 0 bridgehead atoms. The molecule has 116 valence electrons. The maximum absolute atomic E-state index is 3.56. The van der Waals surface area contributed by atoms with Crippen molar-refractivity contribution in [1.82, 2.24) is 0 Å². The first-order valence-corrected chi connectivity index (χ1v) is 7.00. The van der Waals surface area contributed by atoms with Gasteiger partial charge in [0.2, 0.25) is 0 Å². The van der Waals surface area contributed by atoms with Crippen molar-refractivity contribution in [2.45, 2.75) is 13.8 Å². The summed E-state index contributed by atoms with van der Waals surface area (Å²) in [5.41, 5.74) is 1.02. The first-order valence-electron chi connectivity index (χ1n) is 6.10. The van der Waals surface area contributed by atoms with Gasteiger partial charge in [-0.2, -0.15) is 42.3 Å². The molecule has 0 aromatic heterocycles. The predicted molar refractivity (Wildman–Crippen MR) is 94.6 cm³/mol. The van der Waals surface area contributed by atoms with Crippen molar-refractivity contribution in [2.24, 2.45) is 0 Å². The van der Waals surface area contributed by atoms with Gasteiger partial charge in [-0.15, -0.1) is 0 Å². The van der Waals surface area contributed by atoms with E-state index in [9.17, 15) is 0 Å². The zero-order valence-electron chi connectivity index (χ0n) is 14.6. The molecular formula is C16H33N3Ti. The molecule has 0 aliphatic heterocycles. The van der Waals surface area contributed by atoms with Gasteiger partial charge in [-0.1, -0.05) is 24.8 Å². The van der Waals surface area contributed by atoms with E-state index in [-0.39, 0.29) is 0 Å². The second-order valence-electron chi connectivity index (χ2n) is 3.28. The van der Waals surface area contributed by atoms with E-state index in [0.717, 1.165) is 5.57 Å². The van der Waals surface area contributed by atoms with Crippen LogP contribution in [0.3, 0.4) is 0 Å². The van der Waals surface area contributed by atoms with Gasteiger partial charge in [0.15, 0.2) is 0 Å². The minimum absolute atomic E-state index is 1.02. The normalized spacial score (nSPS) is 7.90. The van der Waals surface area contributed by atoms with E-state index in [1.165, 1.54) is 0 Å². The molecule has 4 heteroatoms. The van der Waals surface area contributed by atoms with Crippen LogP contribution in [0.2, 0.25) is 0 Å². The van der Waals surface area contributed by atoms with Gasteiger partial charge in [0.1, 0.15) is 0 Å². The van der Waals surface area contributed by atoms with E-state index in [1.54, 1.807) is 48.4 Å². The standard InChI is InChI=1S/C5H8.C5H7.3C2H6N.Ti/c1-4-5(2)3;1-3-5-4-2;3*1-3-2;/h4H,1-2H2,3H3;1,3-5H,2H3;3*1-2H3;/q;;3*-1;+3. The molecule has 0 radical (unpaired) electrons. The van der Waals surface area contributed by atoms with Crippen LogP contribution in [0.5, 0.6) is 0 Å². The molecule has 3 nitrogen and oxygen atoms in total. The first kappa shape index (κ1) is 31.8. The fourth-order valence-electron chi connectivity index (χ4n) is 0.167. The quantitative estimate of drug-likeness (QED) is 0.494. The van der Waals surface area contributed by atoms with Gasteiger partial charge in [-0.05, 0) is 6.92 Å². The second-order valence-corrected chi connectivity index (χ2v) is 3.80. The van der Waals surface area contributed by atoms with Gasteiger partial charge < -0.3 is 16.0 Å². The van der Waals surface area contributed by atoms with E-state index in [2.05, 4.69) is 29.1 Å².